The van der Waals surface area contributed by atoms with Crippen LogP contribution in [-0.4, -0.2) is 38.4 Å². The van der Waals surface area contributed by atoms with E-state index < -0.39 is 0 Å². The molecular weight excluding hydrogens is 328 g/mol. The number of carbonyl (C=O) groups is 1. The molecule has 0 saturated carbocycles. The summed E-state index contributed by atoms with van der Waals surface area (Å²) in [6.45, 7) is 4.04. The Hall–Kier alpha value is -2.89. The number of nitrogens with zero attached hydrogens (tertiary/aromatic N) is 4. The Bertz CT molecular complexity index is 884. The van der Waals surface area contributed by atoms with E-state index in [0.29, 0.717) is 17.9 Å². The van der Waals surface area contributed by atoms with Gasteiger partial charge >= 0.3 is 0 Å². The SMILES string of the molecule is Cc1occc1C(=O)N1CCCC(c2nccn2Cc2cccnc2)C1. The average Bonchev–Trinajstić information content (AvgIpc) is 3.31. The van der Waals surface area contributed by atoms with Crippen molar-refractivity contribution in [3.05, 3.63) is 72.0 Å². The van der Waals surface area contributed by atoms with Gasteiger partial charge in [-0.2, -0.15) is 0 Å². The van der Waals surface area contributed by atoms with Gasteiger partial charge in [-0.15, -0.1) is 0 Å². The number of hydrogen-bond donors (Lipinski definition) is 0. The number of aryl methyl sites for hydroxylation is 1. The Balaban J connectivity index is 1.51. The lowest BCUT2D eigenvalue weighted by Crippen LogP contribution is -2.39. The second kappa shape index (κ2) is 7.15. The van der Waals surface area contributed by atoms with E-state index in [2.05, 4.69) is 20.6 Å². The number of carbonyl (C=O) groups excluding carboxylic acids is 1. The van der Waals surface area contributed by atoms with Crippen molar-refractivity contribution in [2.75, 3.05) is 13.1 Å². The molecule has 0 bridgehead atoms. The number of aromatic nitrogens is 3. The van der Waals surface area contributed by atoms with Crippen LogP contribution in [0.4, 0.5) is 0 Å². The topological polar surface area (TPSA) is 64.2 Å². The van der Waals surface area contributed by atoms with Crippen molar-refractivity contribution in [3.8, 4) is 0 Å². The highest BCUT2D eigenvalue weighted by molar-refractivity contribution is 5.95. The number of rotatable bonds is 4. The van der Waals surface area contributed by atoms with Crippen molar-refractivity contribution >= 4 is 5.91 Å². The maximum atomic E-state index is 12.8. The fourth-order valence-electron chi connectivity index (χ4n) is 3.65. The highest BCUT2D eigenvalue weighted by Crippen LogP contribution is 2.27. The minimum Gasteiger partial charge on any atom is -0.469 e. The molecule has 0 N–H and O–H groups in total. The van der Waals surface area contributed by atoms with Crippen molar-refractivity contribution < 1.29 is 9.21 Å². The van der Waals surface area contributed by atoms with Crippen LogP contribution < -0.4 is 0 Å². The second-order valence-electron chi connectivity index (χ2n) is 6.76. The molecule has 0 aromatic carbocycles. The molecule has 1 aliphatic rings. The molecule has 26 heavy (non-hydrogen) atoms. The molecule has 6 nitrogen and oxygen atoms in total. The summed E-state index contributed by atoms with van der Waals surface area (Å²) in [5, 5.41) is 0. The van der Waals surface area contributed by atoms with Gasteiger partial charge in [0, 0.05) is 43.8 Å². The largest absolute Gasteiger partial charge is 0.469 e. The van der Waals surface area contributed by atoms with Gasteiger partial charge < -0.3 is 13.9 Å². The van der Waals surface area contributed by atoms with Gasteiger partial charge in [-0.25, -0.2) is 4.98 Å². The van der Waals surface area contributed by atoms with Gasteiger partial charge in [0.15, 0.2) is 0 Å². The minimum absolute atomic E-state index is 0.0475. The second-order valence-corrected chi connectivity index (χ2v) is 6.76. The van der Waals surface area contributed by atoms with Crippen LogP contribution in [0.15, 0.2) is 53.7 Å². The number of hydrogen-bond acceptors (Lipinski definition) is 4. The van der Waals surface area contributed by atoms with E-state index in [-0.39, 0.29) is 11.8 Å². The van der Waals surface area contributed by atoms with E-state index in [1.165, 1.54) is 0 Å². The standard InChI is InChI=1S/C20H22N4O2/c1-15-18(6-11-26-15)20(25)24-9-3-5-17(14-24)19-22-8-10-23(19)13-16-4-2-7-21-12-16/h2,4,6-8,10-12,17H,3,5,9,13-14H2,1H3. The summed E-state index contributed by atoms with van der Waals surface area (Å²) in [4.78, 5) is 23.5. The molecule has 0 aliphatic carbocycles. The zero-order chi connectivity index (χ0) is 17.9. The molecule has 0 radical (unpaired) electrons. The predicted octanol–water partition coefficient (Wildman–Crippen LogP) is 3.25. The lowest BCUT2D eigenvalue weighted by Gasteiger charge is -2.32. The van der Waals surface area contributed by atoms with Gasteiger partial charge in [-0.3, -0.25) is 9.78 Å². The van der Waals surface area contributed by atoms with Crippen LogP contribution in [0.25, 0.3) is 0 Å². The van der Waals surface area contributed by atoms with Crippen LogP contribution in [0.2, 0.25) is 0 Å². The first kappa shape index (κ1) is 16.6. The van der Waals surface area contributed by atoms with Crippen LogP contribution >= 0.6 is 0 Å². The molecule has 0 spiro atoms. The lowest BCUT2D eigenvalue weighted by atomic mass is 9.96. The van der Waals surface area contributed by atoms with Crippen molar-refractivity contribution in [1.82, 2.24) is 19.4 Å². The molecule has 1 aliphatic heterocycles. The Kier molecular flexibility index (Phi) is 4.56. The number of imidazole rings is 1. The lowest BCUT2D eigenvalue weighted by molar-refractivity contribution is 0.0701. The highest BCUT2D eigenvalue weighted by atomic mass is 16.3. The summed E-state index contributed by atoms with van der Waals surface area (Å²) in [5.74, 6) is 2.00. The van der Waals surface area contributed by atoms with Crippen LogP contribution in [0.5, 0.6) is 0 Å². The molecule has 4 heterocycles. The third-order valence-corrected chi connectivity index (χ3v) is 4.99. The molecule has 4 rings (SSSR count). The maximum Gasteiger partial charge on any atom is 0.257 e. The van der Waals surface area contributed by atoms with Crippen LogP contribution in [0.3, 0.4) is 0 Å². The Morgan fingerprint density at radius 1 is 1.35 bits per heavy atom. The van der Waals surface area contributed by atoms with E-state index in [9.17, 15) is 4.79 Å². The minimum atomic E-state index is 0.0475. The molecule has 1 saturated heterocycles. The fraction of sp³-hybridized carbons (Fsp3) is 0.350. The maximum absolute atomic E-state index is 12.8. The van der Waals surface area contributed by atoms with Crippen molar-refractivity contribution in [2.24, 2.45) is 0 Å². The van der Waals surface area contributed by atoms with Crippen molar-refractivity contribution in [3.63, 3.8) is 0 Å². The van der Waals surface area contributed by atoms with Crippen LogP contribution in [0, 0.1) is 6.92 Å². The quantitative estimate of drug-likeness (QED) is 0.724. The normalized spacial score (nSPS) is 17.4. The van der Waals surface area contributed by atoms with E-state index >= 15 is 0 Å². The van der Waals surface area contributed by atoms with E-state index in [1.54, 1.807) is 18.5 Å². The third kappa shape index (κ3) is 3.27. The molecule has 6 heteroatoms. The molecule has 134 valence electrons. The summed E-state index contributed by atoms with van der Waals surface area (Å²) in [7, 11) is 0. The summed E-state index contributed by atoms with van der Waals surface area (Å²) in [5.41, 5.74) is 1.80. The molecule has 3 aromatic rings. The Labute approximate surface area is 152 Å². The smallest absolute Gasteiger partial charge is 0.257 e. The highest BCUT2D eigenvalue weighted by Gasteiger charge is 2.29. The Morgan fingerprint density at radius 2 is 2.27 bits per heavy atom. The summed E-state index contributed by atoms with van der Waals surface area (Å²) in [6.07, 6.45) is 11.1. The average molecular weight is 350 g/mol. The Morgan fingerprint density at radius 3 is 3.04 bits per heavy atom. The fourth-order valence-corrected chi connectivity index (χ4v) is 3.65. The van der Waals surface area contributed by atoms with Gasteiger partial charge in [-0.05, 0) is 37.5 Å². The number of likely N-dealkylation sites (tertiary alicyclic amines) is 1. The van der Waals surface area contributed by atoms with Gasteiger partial charge in [-0.1, -0.05) is 6.07 Å². The van der Waals surface area contributed by atoms with E-state index in [1.807, 2.05) is 36.5 Å². The zero-order valence-electron chi connectivity index (χ0n) is 14.8. The monoisotopic (exact) mass is 350 g/mol. The van der Waals surface area contributed by atoms with Gasteiger partial charge in [0.25, 0.3) is 5.91 Å². The number of furan rings is 1. The number of pyridine rings is 1. The van der Waals surface area contributed by atoms with Crippen molar-refractivity contribution in [2.45, 2.75) is 32.2 Å². The first-order valence-corrected chi connectivity index (χ1v) is 8.95. The predicted molar refractivity (Wildman–Crippen MR) is 96.9 cm³/mol. The first-order valence-electron chi connectivity index (χ1n) is 8.95. The van der Waals surface area contributed by atoms with E-state index in [0.717, 1.165) is 37.3 Å². The number of amides is 1. The van der Waals surface area contributed by atoms with Crippen LogP contribution in [0.1, 0.15) is 46.3 Å². The number of piperidine rings is 1. The molecule has 1 amide bonds. The molecule has 1 unspecified atom stereocenters. The molecule has 1 atom stereocenters. The summed E-state index contributed by atoms with van der Waals surface area (Å²) < 4.78 is 7.46. The van der Waals surface area contributed by atoms with Crippen molar-refractivity contribution in [1.29, 1.82) is 0 Å². The zero-order valence-corrected chi connectivity index (χ0v) is 14.8. The van der Waals surface area contributed by atoms with Gasteiger partial charge in [0.1, 0.15) is 11.6 Å². The summed E-state index contributed by atoms with van der Waals surface area (Å²) in [6, 6.07) is 5.76. The van der Waals surface area contributed by atoms with Gasteiger partial charge in [0.05, 0.1) is 18.4 Å². The summed E-state index contributed by atoms with van der Waals surface area (Å²) >= 11 is 0. The van der Waals surface area contributed by atoms with Gasteiger partial charge in [0.2, 0.25) is 0 Å². The molecular formula is C20H22N4O2. The first-order chi connectivity index (χ1) is 12.7. The van der Waals surface area contributed by atoms with E-state index in [4.69, 9.17) is 4.42 Å². The molecule has 1 fully saturated rings. The molecule has 3 aromatic heterocycles. The third-order valence-electron chi connectivity index (χ3n) is 4.99. The van der Waals surface area contributed by atoms with Crippen LogP contribution in [-0.2, 0) is 6.54 Å².